The van der Waals surface area contributed by atoms with Gasteiger partial charge in [0.05, 0.1) is 0 Å². The Labute approximate surface area is 125 Å². The molecule has 0 amide bonds. The number of rotatable bonds is 6. The van der Waals surface area contributed by atoms with Crippen LogP contribution < -0.4 is 5.32 Å². The predicted molar refractivity (Wildman–Crippen MR) is 87.7 cm³/mol. The van der Waals surface area contributed by atoms with E-state index in [0.717, 1.165) is 23.6 Å². The van der Waals surface area contributed by atoms with Crippen LogP contribution in [0.15, 0.2) is 46.9 Å². The molecule has 0 saturated heterocycles. The van der Waals surface area contributed by atoms with Gasteiger partial charge in [-0.15, -0.1) is 0 Å². The Kier molecular flexibility index (Phi) is 3.40. The minimum atomic E-state index is 0.832. The highest BCUT2D eigenvalue weighted by Gasteiger charge is 2.19. The topological polar surface area (TPSA) is 25.2 Å². The highest BCUT2D eigenvalue weighted by Crippen LogP contribution is 2.29. The summed E-state index contributed by atoms with van der Waals surface area (Å²) < 4.78 is 5.87. The van der Waals surface area contributed by atoms with Gasteiger partial charge in [0.15, 0.2) is 0 Å². The summed E-state index contributed by atoms with van der Waals surface area (Å²) >= 11 is 0. The number of aryl methyl sites for hydroxylation is 1. The Bertz CT molecular complexity index is 754. The van der Waals surface area contributed by atoms with Crippen LogP contribution in [0.25, 0.3) is 21.9 Å². The molecule has 1 fully saturated rings. The number of fused-ring (bicyclic) bond motifs is 3. The molecule has 4 rings (SSSR count). The van der Waals surface area contributed by atoms with E-state index in [-0.39, 0.29) is 0 Å². The molecule has 0 bridgehead atoms. The van der Waals surface area contributed by atoms with Crippen LogP contribution in [0, 0.1) is 0 Å². The van der Waals surface area contributed by atoms with E-state index in [9.17, 15) is 0 Å². The number of nitrogens with one attached hydrogen (secondary N) is 1. The Morgan fingerprint density at radius 1 is 0.952 bits per heavy atom. The van der Waals surface area contributed by atoms with Crippen molar-refractivity contribution in [2.24, 2.45) is 0 Å². The van der Waals surface area contributed by atoms with Crippen molar-refractivity contribution in [3.8, 4) is 0 Å². The number of para-hydroxylation sites is 1. The predicted octanol–water partition coefficient (Wildman–Crippen LogP) is 4.66. The van der Waals surface area contributed by atoms with Crippen LogP contribution >= 0.6 is 0 Å². The molecule has 2 heteroatoms. The lowest BCUT2D eigenvalue weighted by Gasteiger charge is -2.03. The number of unbranched alkanes of at least 4 members (excludes halogenated alkanes) is 1. The van der Waals surface area contributed by atoms with Crippen molar-refractivity contribution in [1.82, 2.24) is 5.32 Å². The number of furan rings is 1. The summed E-state index contributed by atoms with van der Waals surface area (Å²) in [7, 11) is 0. The monoisotopic (exact) mass is 279 g/mol. The van der Waals surface area contributed by atoms with Crippen LogP contribution in [0.1, 0.15) is 31.2 Å². The number of benzene rings is 2. The zero-order valence-corrected chi connectivity index (χ0v) is 12.3. The van der Waals surface area contributed by atoms with Gasteiger partial charge in [0.25, 0.3) is 0 Å². The van der Waals surface area contributed by atoms with Gasteiger partial charge in [0.2, 0.25) is 0 Å². The zero-order valence-electron chi connectivity index (χ0n) is 12.3. The summed E-state index contributed by atoms with van der Waals surface area (Å²) in [5.41, 5.74) is 3.40. The molecule has 0 radical (unpaired) electrons. The van der Waals surface area contributed by atoms with Gasteiger partial charge in [-0.25, -0.2) is 0 Å². The van der Waals surface area contributed by atoms with Gasteiger partial charge >= 0.3 is 0 Å². The van der Waals surface area contributed by atoms with Crippen molar-refractivity contribution in [2.45, 2.75) is 38.1 Å². The van der Waals surface area contributed by atoms with Crippen LogP contribution in [0.2, 0.25) is 0 Å². The first-order valence-electron chi connectivity index (χ1n) is 8.04. The van der Waals surface area contributed by atoms with E-state index < -0.39 is 0 Å². The van der Waals surface area contributed by atoms with E-state index in [1.54, 1.807) is 0 Å². The average Bonchev–Trinajstić information content (AvgIpc) is 3.26. The lowest BCUT2D eigenvalue weighted by atomic mass is 10.0. The Morgan fingerprint density at radius 2 is 1.81 bits per heavy atom. The molecular formula is C19H21NO. The average molecular weight is 279 g/mol. The quantitative estimate of drug-likeness (QED) is 0.664. The summed E-state index contributed by atoms with van der Waals surface area (Å²) in [6.45, 7) is 1.17. The molecule has 1 saturated carbocycles. The van der Waals surface area contributed by atoms with Crippen molar-refractivity contribution in [2.75, 3.05) is 6.54 Å². The van der Waals surface area contributed by atoms with Gasteiger partial charge in [-0.1, -0.05) is 24.3 Å². The molecule has 0 aliphatic heterocycles. The smallest absolute Gasteiger partial charge is 0.135 e. The summed E-state index contributed by atoms with van der Waals surface area (Å²) in [4.78, 5) is 0. The third kappa shape index (κ3) is 2.81. The molecule has 1 aliphatic rings. The minimum Gasteiger partial charge on any atom is -0.456 e. The Hall–Kier alpha value is -1.80. The van der Waals surface area contributed by atoms with Gasteiger partial charge < -0.3 is 9.73 Å². The van der Waals surface area contributed by atoms with Crippen LogP contribution in [0.5, 0.6) is 0 Å². The van der Waals surface area contributed by atoms with E-state index in [1.807, 2.05) is 12.1 Å². The largest absolute Gasteiger partial charge is 0.456 e. The summed E-state index contributed by atoms with van der Waals surface area (Å²) in [6, 6.07) is 15.7. The van der Waals surface area contributed by atoms with Crippen molar-refractivity contribution in [1.29, 1.82) is 0 Å². The third-order valence-electron chi connectivity index (χ3n) is 4.34. The highest BCUT2D eigenvalue weighted by atomic mass is 16.3. The number of hydrogen-bond donors (Lipinski definition) is 1. The zero-order chi connectivity index (χ0) is 14.1. The Morgan fingerprint density at radius 3 is 2.71 bits per heavy atom. The second kappa shape index (κ2) is 5.53. The van der Waals surface area contributed by atoms with Gasteiger partial charge in [0.1, 0.15) is 11.2 Å². The van der Waals surface area contributed by atoms with Crippen LogP contribution in [-0.4, -0.2) is 12.6 Å². The summed E-state index contributed by atoms with van der Waals surface area (Å²) in [5.74, 6) is 0. The molecule has 0 atom stereocenters. The van der Waals surface area contributed by atoms with Crippen molar-refractivity contribution >= 4 is 21.9 Å². The van der Waals surface area contributed by atoms with Gasteiger partial charge in [-0.3, -0.25) is 0 Å². The van der Waals surface area contributed by atoms with E-state index >= 15 is 0 Å². The summed E-state index contributed by atoms with van der Waals surface area (Å²) in [5, 5.41) is 6.05. The van der Waals surface area contributed by atoms with Crippen LogP contribution in [0.3, 0.4) is 0 Å². The van der Waals surface area contributed by atoms with Crippen LogP contribution in [-0.2, 0) is 6.42 Å². The fraction of sp³-hybridized carbons (Fsp3) is 0.368. The summed E-state index contributed by atoms with van der Waals surface area (Å²) in [6.07, 6.45) is 6.43. The fourth-order valence-electron chi connectivity index (χ4n) is 2.98. The standard InChI is InChI=1S/C19H21NO/c1-2-7-18-16(6-1)17-13-14(8-11-19(17)21-18)5-3-4-12-20-15-9-10-15/h1-2,6-8,11,13,15,20H,3-5,9-10,12H2. The molecular weight excluding hydrogens is 258 g/mol. The van der Waals surface area contributed by atoms with Crippen molar-refractivity contribution < 1.29 is 4.42 Å². The highest BCUT2D eigenvalue weighted by molar-refractivity contribution is 6.04. The van der Waals surface area contributed by atoms with Crippen molar-refractivity contribution in [3.63, 3.8) is 0 Å². The SMILES string of the molecule is c1ccc2c(c1)oc1ccc(CCCCNC3CC3)cc12. The third-order valence-corrected chi connectivity index (χ3v) is 4.34. The molecule has 2 aromatic carbocycles. The molecule has 1 heterocycles. The molecule has 21 heavy (non-hydrogen) atoms. The van der Waals surface area contributed by atoms with E-state index in [4.69, 9.17) is 4.42 Å². The van der Waals surface area contributed by atoms with Gasteiger partial charge in [0, 0.05) is 16.8 Å². The first kappa shape index (κ1) is 12.9. The van der Waals surface area contributed by atoms with E-state index in [0.29, 0.717) is 0 Å². The van der Waals surface area contributed by atoms with E-state index in [2.05, 4.69) is 35.6 Å². The first-order chi connectivity index (χ1) is 10.4. The van der Waals surface area contributed by atoms with E-state index in [1.165, 1.54) is 48.6 Å². The normalized spacial score (nSPS) is 15.0. The molecule has 0 unspecified atom stereocenters. The molecule has 0 spiro atoms. The second-order valence-electron chi connectivity index (χ2n) is 6.11. The first-order valence-corrected chi connectivity index (χ1v) is 8.04. The molecule has 108 valence electrons. The van der Waals surface area contributed by atoms with Crippen molar-refractivity contribution in [3.05, 3.63) is 48.0 Å². The maximum atomic E-state index is 5.87. The van der Waals surface area contributed by atoms with Gasteiger partial charge in [-0.05, 0) is 62.4 Å². The lowest BCUT2D eigenvalue weighted by molar-refractivity contribution is 0.620. The molecule has 1 aliphatic carbocycles. The molecule has 3 aromatic rings. The van der Waals surface area contributed by atoms with Crippen LogP contribution in [0.4, 0.5) is 0 Å². The fourth-order valence-corrected chi connectivity index (χ4v) is 2.98. The maximum absolute atomic E-state index is 5.87. The second-order valence-corrected chi connectivity index (χ2v) is 6.11. The minimum absolute atomic E-state index is 0.832. The molecule has 1 aromatic heterocycles. The maximum Gasteiger partial charge on any atom is 0.135 e. The number of hydrogen-bond acceptors (Lipinski definition) is 2. The Balaban J connectivity index is 1.46. The van der Waals surface area contributed by atoms with Gasteiger partial charge in [-0.2, -0.15) is 0 Å². The molecule has 1 N–H and O–H groups in total. The lowest BCUT2D eigenvalue weighted by Crippen LogP contribution is -2.17. The molecule has 2 nitrogen and oxygen atoms in total.